The third-order valence-electron chi connectivity index (χ3n) is 19.3. The molecule has 33 nitrogen and oxygen atoms in total. The number of aliphatic hydroxyl groups excluding tert-OH is 1. The number of hydrogen-bond donors (Lipinski definition) is 4. The summed E-state index contributed by atoms with van der Waals surface area (Å²) in [5.41, 5.74) is 0.870. The summed E-state index contributed by atoms with van der Waals surface area (Å²) in [4.78, 5) is 37.1. The van der Waals surface area contributed by atoms with Crippen LogP contribution < -0.4 is 5.32 Å². The van der Waals surface area contributed by atoms with Gasteiger partial charge in [-0.25, -0.2) is 4.68 Å². The molecule has 0 saturated heterocycles. The summed E-state index contributed by atoms with van der Waals surface area (Å²) < 4.78 is 130. The van der Waals surface area contributed by atoms with Crippen LogP contribution in [-0.4, -0.2) is 365 Å². The molecule has 0 spiro atoms. The largest absolute Gasteiger partial charge is 0.481 e. The molecule has 0 aliphatic heterocycles. The molecule has 1 aromatic heterocycles. The summed E-state index contributed by atoms with van der Waals surface area (Å²) in [6.07, 6.45) is 22.2. The fourth-order valence-corrected chi connectivity index (χ4v) is 12.8. The Bertz CT molecular complexity index is 2330. The van der Waals surface area contributed by atoms with E-state index in [0.717, 1.165) is 108 Å². The molecule has 3 unspecified atom stereocenters. The van der Waals surface area contributed by atoms with Crippen molar-refractivity contribution < 1.29 is 139 Å². The van der Waals surface area contributed by atoms with Crippen LogP contribution in [0, 0.1) is 23.2 Å². The van der Waals surface area contributed by atoms with Gasteiger partial charge < -0.3 is 130 Å². The molecule has 2 aliphatic carbocycles. The molecule has 1 heterocycles. The van der Waals surface area contributed by atoms with E-state index >= 15 is 0 Å². The van der Waals surface area contributed by atoms with Crippen LogP contribution in [0.25, 0.3) is 0 Å². The monoisotopic (exact) mass is 1670 g/mol. The number of allylic oxidation sites excluding steroid dienone is 1. The quantitative estimate of drug-likeness (QED) is 0.0283. The standard InChI is InChI=1S/C83H154N4O29/c1-2-3-4-5-6-8-11-14-17-24-83(82(92)93,25-18-15-12-9-7-10-13-16-19-80(89)90)81(91)84-26-28-94-30-32-96-34-36-98-38-40-100-42-44-102-46-48-104-50-52-106-54-56-108-58-60-110-62-64-112-66-68-114-70-72-116-73-71-115-69-67-113-65-63-111-61-59-109-57-55-107-53-51-105-49-47-103-45-43-101-41-39-99-37-35-97-33-31-95-29-27-87-79-23-21-76-75(77(76)74-88)20-22-78(79)85-86-87/h2,75-77,88H,1,3-74H2,(H,84,91)(H,89,90)(H,92,93)/t75?,76?,77-,83?/m1/s1. The maximum Gasteiger partial charge on any atom is 0.319 e. The van der Waals surface area contributed by atoms with Crippen LogP contribution in [0.2, 0.25) is 0 Å². The van der Waals surface area contributed by atoms with Crippen LogP contribution in [-0.2, 0) is 143 Å². The highest BCUT2D eigenvalue weighted by Gasteiger charge is 2.49. The number of hydrogen-bond acceptors (Lipinski definition) is 29. The minimum atomic E-state index is -1.47. The summed E-state index contributed by atoms with van der Waals surface area (Å²) in [5.74, 6) is -0.461. The highest BCUT2D eigenvalue weighted by molar-refractivity contribution is 6.01. The molecule has 0 radical (unpaired) electrons. The highest BCUT2D eigenvalue weighted by Crippen LogP contribution is 2.52. The molecule has 0 aromatic carbocycles. The minimum Gasteiger partial charge on any atom is -0.481 e. The Morgan fingerprint density at radius 3 is 0.897 bits per heavy atom. The predicted octanol–water partition coefficient (Wildman–Crippen LogP) is 7.26. The summed E-state index contributed by atoms with van der Waals surface area (Å²) in [5, 5.41) is 40.5. The normalized spacial score (nSPS) is 15.2. The summed E-state index contributed by atoms with van der Waals surface area (Å²) in [6, 6.07) is 0. The Labute approximate surface area is 692 Å². The van der Waals surface area contributed by atoms with Gasteiger partial charge in [0.05, 0.1) is 322 Å². The van der Waals surface area contributed by atoms with E-state index in [0.29, 0.717) is 360 Å². The molecule has 4 N–H and O–H groups in total. The third kappa shape index (κ3) is 63.3. The van der Waals surface area contributed by atoms with Crippen molar-refractivity contribution in [1.82, 2.24) is 20.3 Å². The van der Waals surface area contributed by atoms with Gasteiger partial charge in [-0.05, 0) is 75.5 Å². The molecule has 1 fully saturated rings. The minimum absolute atomic E-state index is 0.206. The Morgan fingerprint density at radius 2 is 0.621 bits per heavy atom. The van der Waals surface area contributed by atoms with Gasteiger partial charge in [0.2, 0.25) is 5.91 Å². The summed E-state index contributed by atoms with van der Waals surface area (Å²) in [6.45, 7) is 26.2. The van der Waals surface area contributed by atoms with Crippen LogP contribution in [0.15, 0.2) is 12.7 Å². The van der Waals surface area contributed by atoms with E-state index in [1.54, 1.807) is 0 Å². The Morgan fingerprint density at radius 1 is 0.362 bits per heavy atom. The molecular formula is C83H154N4O29. The SMILES string of the molecule is C=CCCCCCCCCCC(CCCCCCCCCCC(=O)O)(C(=O)O)C(=O)NCCOCCOCCOCCOCCOCCOCCOCCOCCOCCOCCOCCOCCOCCOCCOCCOCCOCCOCCOCCOCCOCCOCCOCCn1nnc2c1CCC1C(CC2)[C@H]1CO. The van der Waals surface area contributed by atoms with Crippen LogP contribution in [0.5, 0.6) is 0 Å². The van der Waals surface area contributed by atoms with Crippen LogP contribution >= 0.6 is 0 Å². The topological polar surface area (TPSA) is 367 Å². The van der Waals surface area contributed by atoms with E-state index in [9.17, 15) is 24.6 Å². The number of unbranched alkanes of at least 4 members (excludes halogenated alkanes) is 14. The molecule has 1 amide bonds. The zero-order chi connectivity index (χ0) is 82.7. The number of nitrogens with one attached hydrogen (secondary N) is 1. The number of amides is 1. The fraction of sp³-hybridized carbons (Fsp3) is 0.916. The zero-order valence-electron chi connectivity index (χ0n) is 70.7. The van der Waals surface area contributed by atoms with Gasteiger partial charge in [-0.1, -0.05) is 94.8 Å². The molecule has 0 bridgehead atoms. The van der Waals surface area contributed by atoms with Crippen molar-refractivity contribution in [2.45, 2.75) is 154 Å². The lowest BCUT2D eigenvalue weighted by molar-refractivity contribution is -0.157. The van der Waals surface area contributed by atoms with Gasteiger partial charge in [-0.2, -0.15) is 0 Å². The molecule has 680 valence electrons. The molecule has 4 atom stereocenters. The average molecular weight is 1670 g/mol. The molecule has 2 aliphatic rings. The first-order chi connectivity index (χ1) is 57.3. The smallest absolute Gasteiger partial charge is 0.319 e. The van der Waals surface area contributed by atoms with Crippen LogP contribution in [0.3, 0.4) is 0 Å². The van der Waals surface area contributed by atoms with Crippen molar-refractivity contribution >= 4 is 17.8 Å². The number of carboxylic acid groups (broad SMARTS) is 2. The van der Waals surface area contributed by atoms with E-state index in [1.807, 2.05) is 10.8 Å². The molecule has 3 rings (SSSR count). The van der Waals surface area contributed by atoms with Gasteiger partial charge in [-0.3, -0.25) is 14.4 Å². The van der Waals surface area contributed by atoms with Gasteiger partial charge in [0, 0.05) is 19.6 Å². The van der Waals surface area contributed by atoms with Crippen molar-refractivity contribution in [3.05, 3.63) is 24.0 Å². The Balaban J connectivity index is 0.897. The van der Waals surface area contributed by atoms with Crippen LogP contribution in [0.1, 0.15) is 146 Å². The lowest BCUT2D eigenvalue weighted by Gasteiger charge is -2.28. The number of aliphatic carboxylic acids is 2. The first-order valence-corrected chi connectivity index (χ1v) is 43.5. The molecule has 116 heavy (non-hydrogen) atoms. The zero-order valence-corrected chi connectivity index (χ0v) is 70.7. The van der Waals surface area contributed by atoms with Crippen molar-refractivity contribution in [3.63, 3.8) is 0 Å². The lowest BCUT2D eigenvalue weighted by atomic mass is 9.76. The van der Waals surface area contributed by atoms with E-state index < -0.39 is 23.3 Å². The number of aliphatic hydroxyl groups is 1. The van der Waals surface area contributed by atoms with Gasteiger partial charge in [0.25, 0.3) is 0 Å². The fourth-order valence-electron chi connectivity index (χ4n) is 12.8. The molecule has 1 saturated carbocycles. The number of nitrogens with zero attached hydrogens (tertiary/aromatic N) is 3. The van der Waals surface area contributed by atoms with Crippen molar-refractivity contribution in [3.8, 4) is 0 Å². The second-order valence-electron chi connectivity index (χ2n) is 28.2. The number of carboxylic acids is 2. The Kier molecular flexibility index (Phi) is 75.6. The molecule has 33 heteroatoms. The maximum absolute atomic E-state index is 13.6. The number of aryl methyl sites for hydroxylation is 1. The van der Waals surface area contributed by atoms with Crippen LogP contribution in [0.4, 0.5) is 0 Å². The number of ether oxygens (including phenoxy) is 23. The number of fused-ring (bicyclic) bond motifs is 2. The number of carbonyl (C=O) groups is 3. The lowest BCUT2D eigenvalue weighted by Crippen LogP contribution is -2.47. The second kappa shape index (κ2) is 82.3. The first kappa shape index (κ1) is 107. The molecule has 1 aromatic rings. The Hall–Kier alpha value is -3.67. The third-order valence-corrected chi connectivity index (χ3v) is 19.3. The first-order valence-electron chi connectivity index (χ1n) is 43.5. The van der Waals surface area contributed by atoms with E-state index in [4.69, 9.17) is 114 Å². The maximum atomic E-state index is 13.6. The number of aromatic nitrogens is 3. The number of carbonyl (C=O) groups excluding carboxylic acids is 1. The van der Waals surface area contributed by atoms with E-state index in [-0.39, 0.29) is 19.6 Å². The average Bonchev–Trinajstić information content (AvgIpc) is 1.52. The van der Waals surface area contributed by atoms with Crippen molar-refractivity contribution in [2.75, 3.05) is 317 Å². The molecular weight excluding hydrogens is 1520 g/mol. The number of rotatable bonds is 96. The second-order valence-corrected chi connectivity index (χ2v) is 28.2. The van der Waals surface area contributed by atoms with Gasteiger partial charge in [0.1, 0.15) is 5.41 Å². The van der Waals surface area contributed by atoms with Crippen molar-refractivity contribution in [2.24, 2.45) is 23.2 Å². The predicted molar refractivity (Wildman–Crippen MR) is 432 cm³/mol. The van der Waals surface area contributed by atoms with E-state index in [2.05, 4.69) is 22.2 Å². The van der Waals surface area contributed by atoms with Gasteiger partial charge in [0.15, 0.2) is 0 Å². The van der Waals surface area contributed by atoms with Gasteiger partial charge in [-0.15, -0.1) is 11.7 Å². The summed E-state index contributed by atoms with van der Waals surface area (Å²) in [7, 11) is 0. The summed E-state index contributed by atoms with van der Waals surface area (Å²) >= 11 is 0. The van der Waals surface area contributed by atoms with E-state index in [1.165, 1.54) is 12.1 Å². The highest BCUT2D eigenvalue weighted by atomic mass is 16.6. The van der Waals surface area contributed by atoms with Gasteiger partial charge >= 0.3 is 11.9 Å². The van der Waals surface area contributed by atoms with Crippen molar-refractivity contribution in [1.29, 1.82) is 0 Å².